The number of hydrogen-bond donors (Lipinski definition) is 0. The average molecular weight is 393 g/mol. The van der Waals surface area contributed by atoms with Crippen LogP contribution in [0.4, 0.5) is 5.82 Å². The van der Waals surface area contributed by atoms with Crippen molar-refractivity contribution in [2.45, 2.75) is 51.9 Å². The van der Waals surface area contributed by atoms with E-state index in [4.69, 9.17) is 9.97 Å². The lowest BCUT2D eigenvalue weighted by Gasteiger charge is -2.31. The highest BCUT2D eigenvalue weighted by Crippen LogP contribution is 2.32. The molecule has 0 spiro atoms. The minimum atomic E-state index is 0.102. The highest BCUT2D eigenvalue weighted by molar-refractivity contribution is 6.00. The Balaban J connectivity index is 1.51. The van der Waals surface area contributed by atoms with Crippen molar-refractivity contribution in [1.29, 1.82) is 0 Å². The number of fused-ring (bicyclic) bond motifs is 1. The van der Waals surface area contributed by atoms with Crippen molar-refractivity contribution in [3.63, 3.8) is 0 Å². The number of likely N-dealkylation sites (tertiary alicyclic amines) is 1. The molecule has 6 nitrogen and oxygen atoms in total. The maximum absolute atomic E-state index is 12.7. The molecular weight excluding hydrogens is 364 g/mol. The van der Waals surface area contributed by atoms with Crippen molar-refractivity contribution < 1.29 is 9.59 Å². The molecule has 1 saturated heterocycles. The smallest absolute Gasteiger partial charge is 0.232 e. The van der Waals surface area contributed by atoms with E-state index >= 15 is 0 Å². The van der Waals surface area contributed by atoms with Gasteiger partial charge in [-0.05, 0) is 38.2 Å². The lowest BCUT2D eigenvalue weighted by molar-refractivity contribution is -0.130. The third-order valence-electron chi connectivity index (χ3n) is 6.02. The van der Waals surface area contributed by atoms with E-state index in [1.54, 1.807) is 6.92 Å². The van der Waals surface area contributed by atoms with Gasteiger partial charge in [-0.1, -0.05) is 30.3 Å². The molecule has 29 heavy (non-hydrogen) atoms. The van der Waals surface area contributed by atoms with E-state index in [1.165, 1.54) is 5.56 Å². The number of piperidine rings is 1. The fraction of sp³-hybridized carbons (Fsp3) is 0.478. The molecule has 1 aromatic carbocycles. The van der Waals surface area contributed by atoms with Crippen LogP contribution in [0, 0.1) is 6.92 Å². The molecule has 6 heteroatoms. The van der Waals surface area contributed by atoms with Gasteiger partial charge < -0.3 is 4.90 Å². The maximum Gasteiger partial charge on any atom is 0.232 e. The van der Waals surface area contributed by atoms with Gasteiger partial charge in [-0.3, -0.25) is 14.5 Å². The van der Waals surface area contributed by atoms with E-state index in [9.17, 15) is 9.59 Å². The van der Waals surface area contributed by atoms with Crippen LogP contribution in [0.3, 0.4) is 0 Å². The Hall–Kier alpha value is -2.76. The predicted molar refractivity (Wildman–Crippen MR) is 112 cm³/mol. The van der Waals surface area contributed by atoms with Gasteiger partial charge in [0.1, 0.15) is 11.6 Å². The first-order chi connectivity index (χ1) is 14.0. The second-order valence-electron chi connectivity index (χ2n) is 8.08. The third kappa shape index (κ3) is 4.16. The topological polar surface area (TPSA) is 66.4 Å². The number of benzene rings is 1. The number of carbonyl (C=O) groups excluding carboxylic acids is 2. The molecule has 0 radical (unpaired) electrons. The van der Waals surface area contributed by atoms with Crippen LogP contribution >= 0.6 is 0 Å². The highest BCUT2D eigenvalue weighted by atomic mass is 16.2. The first kappa shape index (κ1) is 19.6. The summed E-state index contributed by atoms with van der Waals surface area (Å²) in [4.78, 5) is 37.7. The normalized spacial score (nSPS) is 18.8. The Labute approximate surface area is 172 Å². The van der Waals surface area contributed by atoms with Crippen molar-refractivity contribution in [1.82, 2.24) is 14.9 Å². The summed E-state index contributed by atoms with van der Waals surface area (Å²) >= 11 is 0. The average Bonchev–Trinajstić information content (AvgIpc) is 3.05. The minimum Gasteiger partial charge on any atom is -0.342 e. The van der Waals surface area contributed by atoms with Crippen LogP contribution in [0.5, 0.6) is 0 Å². The zero-order chi connectivity index (χ0) is 20.4. The summed E-state index contributed by atoms with van der Waals surface area (Å²) in [6.45, 7) is 5.72. The lowest BCUT2D eigenvalue weighted by atomic mass is 9.96. The molecule has 0 N–H and O–H groups in total. The van der Waals surface area contributed by atoms with E-state index in [0.717, 1.165) is 55.1 Å². The molecule has 1 unspecified atom stereocenters. The van der Waals surface area contributed by atoms with Gasteiger partial charge in [-0.15, -0.1) is 0 Å². The second kappa shape index (κ2) is 8.31. The monoisotopic (exact) mass is 392 g/mol. The summed E-state index contributed by atoms with van der Waals surface area (Å²) in [5.74, 6) is 1.90. The standard InChI is InChI=1S/C23H28N4O2/c1-16-20-14-21(29)27(13-6-10-18-8-4-3-5-9-18)23(20)25-22(24-16)19-11-7-12-26(15-19)17(2)28/h3-5,8-9,19H,6-7,10-15H2,1-2H3. The highest BCUT2D eigenvalue weighted by Gasteiger charge is 2.33. The van der Waals surface area contributed by atoms with Gasteiger partial charge in [0.2, 0.25) is 11.8 Å². The molecule has 1 atom stereocenters. The SMILES string of the molecule is CC(=O)N1CCCC(c2nc(C)c3c(n2)N(CCCc2ccccc2)C(=O)C3)C1. The largest absolute Gasteiger partial charge is 0.342 e. The predicted octanol–water partition coefficient (Wildman–Crippen LogP) is 3.03. The Kier molecular flexibility index (Phi) is 5.60. The molecule has 3 heterocycles. The van der Waals surface area contributed by atoms with Crippen molar-refractivity contribution >= 4 is 17.6 Å². The van der Waals surface area contributed by atoms with E-state index in [1.807, 2.05) is 34.9 Å². The molecule has 0 bridgehead atoms. The number of aromatic nitrogens is 2. The van der Waals surface area contributed by atoms with Crippen molar-refractivity contribution in [3.8, 4) is 0 Å². The molecule has 1 fully saturated rings. The van der Waals surface area contributed by atoms with Gasteiger partial charge in [-0.25, -0.2) is 9.97 Å². The molecule has 152 valence electrons. The zero-order valence-electron chi connectivity index (χ0n) is 17.2. The van der Waals surface area contributed by atoms with E-state index in [0.29, 0.717) is 19.5 Å². The summed E-state index contributed by atoms with van der Waals surface area (Å²) in [6.07, 6.45) is 4.16. The quantitative estimate of drug-likeness (QED) is 0.784. The summed E-state index contributed by atoms with van der Waals surface area (Å²) in [5, 5.41) is 0. The molecule has 2 amide bonds. The summed E-state index contributed by atoms with van der Waals surface area (Å²) in [5.41, 5.74) is 3.13. The fourth-order valence-corrected chi connectivity index (χ4v) is 4.37. The number of rotatable bonds is 5. The van der Waals surface area contributed by atoms with Crippen LogP contribution in [-0.2, 0) is 22.4 Å². The number of nitrogens with zero attached hydrogens (tertiary/aromatic N) is 4. The van der Waals surface area contributed by atoms with Gasteiger partial charge in [0.15, 0.2) is 0 Å². The number of aryl methyl sites for hydroxylation is 2. The third-order valence-corrected chi connectivity index (χ3v) is 6.02. The fourth-order valence-electron chi connectivity index (χ4n) is 4.37. The van der Waals surface area contributed by atoms with Crippen LogP contribution in [0.1, 0.15) is 54.7 Å². The van der Waals surface area contributed by atoms with Crippen LogP contribution in [0.25, 0.3) is 0 Å². The zero-order valence-corrected chi connectivity index (χ0v) is 17.2. The van der Waals surface area contributed by atoms with Crippen LogP contribution < -0.4 is 4.90 Å². The Morgan fingerprint density at radius 2 is 2.00 bits per heavy atom. The molecule has 2 aromatic rings. The molecule has 4 rings (SSSR count). The van der Waals surface area contributed by atoms with Crippen molar-refractivity contribution in [3.05, 3.63) is 53.0 Å². The number of hydrogen-bond acceptors (Lipinski definition) is 4. The number of amides is 2. The molecule has 0 aliphatic carbocycles. The summed E-state index contributed by atoms with van der Waals surface area (Å²) < 4.78 is 0. The molecule has 2 aliphatic heterocycles. The number of anilines is 1. The molecular formula is C23H28N4O2. The summed E-state index contributed by atoms with van der Waals surface area (Å²) in [7, 11) is 0. The van der Waals surface area contributed by atoms with Crippen LogP contribution in [0.15, 0.2) is 30.3 Å². The van der Waals surface area contributed by atoms with Crippen molar-refractivity contribution in [2.75, 3.05) is 24.5 Å². The van der Waals surface area contributed by atoms with Crippen LogP contribution in [-0.4, -0.2) is 46.3 Å². The first-order valence-corrected chi connectivity index (χ1v) is 10.5. The molecule has 0 saturated carbocycles. The molecule has 1 aromatic heterocycles. The van der Waals surface area contributed by atoms with Gasteiger partial charge in [-0.2, -0.15) is 0 Å². The number of carbonyl (C=O) groups is 2. The minimum absolute atomic E-state index is 0.102. The van der Waals surface area contributed by atoms with Gasteiger partial charge in [0, 0.05) is 43.7 Å². The summed E-state index contributed by atoms with van der Waals surface area (Å²) in [6, 6.07) is 10.3. The van der Waals surface area contributed by atoms with E-state index in [-0.39, 0.29) is 17.7 Å². The molecule has 2 aliphatic rings. The Morgan fingerprint density at radius 1 is 1.21 bits per heavy atom. The van der Waals surface area contributed by atoms with Gasteiger partial charge in [0.05, 0.1) is 6.42 Å². The second-order valence-corrected chi connectivity index (χ2v) is 8.08. The van der Waals surface area contributed by atoms with E-state index in [2.05, 4.69) is 12.1 Å². The Bertz CT molecular complexity index is 913. The van der Waals surface area contributed by atoms with E-state index < -0.39 is 0 Å². The van der Waals surface area contributed by atoms with Gasteiger partial charge >= 0.3 is 0 Å². The first-order valence-electron chi connectivity index (χ1n) is 10.5. The lowest BCUT2D eigenvalue weighted by Crippen LogP contribution is -2.38. The van der Waals surface area contributed by atoms with Crippen molar-refractivity contribution in [2.24, 2.45) is 0 Å². The van der Waals surface area contributed by atoms with Gasteiger partial charge in [0.25, 0.3) is 0 Å². The Morgan fingerprint density at radius 3 is 2.76 bits per heavy atom. The van der Waals surface area contributed by atoms with Crippen LogP contribution in [0.2, 0.25) is 0 Å². The maximum atomic E-state index is 12.7.